The topological polar surface area (TPSA) is 23.6 Å². The van der Waals surface area contributed by atoms with Crippen molar-refractivity contribution in [2.75, 3.05) is 26.2 Å². The van der Waals surface area contributed by atoms with Gasteiger partial charge in [0.1, 0.15) is 0 Å². The van der Waals surface area contributed by atoms with Crippen LogP contribution in [0.1, 0.15) is 0 Å². The third kappa shape index (κ3) is 3.89. The van der Waals surface area contributed by atoms with E-state index in [1.54, 1.807) is 6.08 Å². The predicted octanol–water partition coefficient (Wildman–Crippen LogP) is 2.21. The maximum Gasteiger partial charge on any atom is 0.174 e. The van der Waals surface area contributed by atoms with E-state index in [9.17, 15) is 4.79 Å². The van der Waals surface area contributed by atoms with E-state index in [1.165, 1.54) is 0 Å². The third-order valence-corrected chi connectivity index (χ3v) is 3.34. The standard InChI is InChI=1S/C17H24N2O/c1-5-11-18(12-6-2)15-9-10-16(20)17(15)19(13-7-3)14-8-4/h5-10,15,17H,1-4,11-14H2/t15-,17+/m1/s1. The minimum absolute atomic E-state index is 0.0402. The lowest BCUT2D eigenvalue weighted by molar-refractivity contribution is -0.119. The van der Waals surface area contributed by atoms with E-state index in [0.29, 0.717) is 13.1 Å². The molecule has 2 atom stereocenters. The molecule has 1 aliphatic carbocycles. The molecular weight excluding hydrogens is 248 g/mol. The van der Waals surface area contributed by atoms with Crippen LogP contribution in [-0.4, -0.2) is 53.8 Å². The van der Waals surface area contributed by atoms with E-state index in [-0.39, 0.29) is 17.9 Å². The molecule has 108 valence electrons. The van der Waals surface area contributed by atoms with Gasteiger partial charge in [-0.15, -0.1) is 26.3 Å². The van der Waals surface area contributed by atoms with Gasteiger partial charge in [-0.2, -0.15) is 0 Å². The van der Waals surface area contributed by atoms with Crippen LogP contribution < -0.4 is 0 Å². The Balaban J connectivity index is 2.96. The number of hydrogen-bond donors (Lipinski definition) is 0. The van der Waals surface area contributed by atoms with Crippen molar-refractivity contribution in [3.63, 3.8) is 0 Å². The predicted molar refractivity (Wildman–Crippen MR) is 85.7 cm³/mol. The monoisotopic (exact) mass is 272 g/mol. The molecule has 0 aromatic rings. The van der Waals surface area contributed by atoms with Gasteiger partial charge in [-0.25, -0.2) is 0 Å². The van der Waals surface area contributed by atoms with Crippen LogP contribution in [0.2, 0.25) is 0 Å². The average Bonchev–Trinajstić information content (AvgIpc) is 2.80. The Morgan fingerprint density at radius 1 is 0.900 bits per heavy atom. The van der Waals surface area contributed by atoms with Crippen molar-refractivity contribution in [2.45, 2.75) is 12.1 Å². The fraction of sp³-hybridized carbons (Fsp3) is 0.353. The summed E-state index contributed by atoms with van der Waals surface area (Å²) >= 11 is 0. The van der Waals surface area contributed by atoms with Gasteiger partial charge in [0, 0.05) is 26.2 Å². The zero-order valence-electron chi connectivity index (χ0n) is 12.1. The van der Waals surface area contributed by atoms with Gasteiger partial charge in [0.05, 0.1) is 12.1 Å². The number of hydrogen-bond acceptors (Lipinski definition) is 3. The number of carbonyl (C=O) groups is 1. The fourth-order valence-electron chi connectivity index (χ4n) is 2.57. The van der Waals surface area contributed by atoms with Crippen LogP contribution in [0.3, 0.4) is 0 Å². The second-order valence-electron chi connectivity index (χ2n) is 4.76. The smallest absolute Gasteiger partial charge is 0.174 e. The molecular formula is C17H24N2O. The van der Waals surface area contributed by atoms with Crippen LogP contribution in [0.4, 0.5) is 0 Å². The van der Waals surface area contributed by atoms with Crippen molar-refractivity contribution < 1.29 is 4.79 Å². The number of rotatable bonds is 10. The first kappa shape index (κ1) is 16.3. The molecule has 1 rings (SSSR count). The van der Waals surface area contributed by atoms with E-state index < -0.39 is 0 Å². The zero-order valence-corrected chi connectivity index (χ0v) is 12.1. The summed E-state index contributed by atoms with van der Waals surface area (Å²) in [6.07, 6.45) is 11.0. The molecule has 3 nitrogen and oxygen atoms in total. The van der Waals surface area contributed by atoms with Crippen LogP contribution in [0, 0.1) is 0 Å². The molecule has 0 saturated carbocycles. The normalized spacial score (nSPS) is 21.4. The molecule has 0 radical (unpaired) electrons. The molecule has 3 heteroatoms. The lowest BCUT2D eigenvalue weighted by Gasteiger charge is -2.36. The molecule has 0 heterocycles. The molecule has 1 aliphatic rings. The van der Waals surface area contributed by atoms with Crippen LogP contribution in [0.25, 0.3) is 0 Å². The quantitative estimate of drug-likeness (QED) is 0.570. The van der Waals surface area contributed by atoms with Crippen LogP contribution in [-0.2, 0) is 4.79 Å². The highest BCUT2D eigenvalue weighted by atomic mass is 16.1. The van der Waals surface area contributed by atoms with Gasteiger partial charge in [-0.1, -0.05) is 30.4 Å². The minimum atomic E-state index is -0.189. The highest BCUT2D eigenvalue weighted by Crippen LogP contribution is 2.20. The lowest BCUT2D eigenvalue weighted by Crippen LogP contribution is -2.52. The zero-order chi connectivity index (χ0) is 15.0. The van der Waals surface area contributed by atoms with E-state index >= 15 is 0 Å². The first-order valence-corrected chi connectivity index (χ1v) is 6.83. The Labute approximate surface area is 122 Å². The van der Waals surface area contributed by atoms with E-state index in [2.05, 4.69) is 36.1 Å². The van der Waals surface area contributed by atoms with Crippen molar-refractivity contribution in [1.29, 1.82) is 0 Å². The van der Waals surface area contributed by atoms with Crippen molar-refractivity contribution in [1.82, 2.24) is 9.80 Å². The van der Waals surface area contributed by atoms with E-state index in [0.717, 1.165) is 13.1 Å². The average molecular weight is 272 g/mol. The maximum atomic E-state index is 12.2. The van der Waals surface area contributed by atoms with Crippen LogP contribution >= 0.6 is 0 Å². The summed E-state index contributed by atoms with van der Waals surface area (Å²) in [7, 11) is 0. The van der Waals surface area contributed by atoms with Gasteiger partial charge in [0.15, 0.2) is 5.78 Å². The lowest BCUT2D eigenvalue weighted by atomic mass is 10.1. The van der Waals surface area contributed by atoms with Crippen molar-refractivity contribution in [3.05, 3.63) is 62.8 Å². The second kappa shape index (κ2) is 8.46. The molecule has 0 aromatic carbocycles. The van der Waals surface area contributed by atoms with Crippen molar-refractivity contribution in [3.8, 4) is 0 Å². The van der Waals surface area contributed by atoms with Crippen molar-refractivity contribution in [2.24, 2.45) is 0 Å². The fourth-order valence-corrected chi connectivity index (χ4v) is 2.57. The van der Waals surface area contributed by atoms with Gasteiger partial charge >= 0.3 is 0 Å². The first-order chi connectivity index (χ1) is 9.69. The van der Waals surface area contributed by atoms with E-state index in [1.807, 2.05) is 30.4 Å². The molecule has 0 N–H and O–H groups in total. The van der Waals surface area contributed by atoms with Crippen LogP contribution in [0.5, 0.6) is 0 Å². The third-order valence-electron chi connectivity index (χ3n) is 3.34. The molecule has 0 unspecified atom stereocenters. The van der Waals surface area contributed by atoms with Gasteiger partial charge in [0.25, 0.3) is 0 Å². The highest BCUT2D eigenvalue weighted by Gasteiger charge is 2.36. The maximum absolute atomic E-state index is 12.2. The Morgan fingerprint density at radius 2 is 1.35 bits per heavy atom. The van der Waals surface area contributed by atoms with Gasteiger partial charge in [-0.3, -0.25) is 14.6 Å². The van der Waals surface area contributed by atoms with Gasteiger partial charge in [-0.05, 0) is 6.08 Å². The molecule has 0 bridgehead atoms. The van der Waals surface area contributed by atoms with Crippen LogP contribution in [0.15, 0.2) is 62.8 Å². The first-order valence-electron chi connectivity index (χ1n) is 6.83. The van der Waals surface area contributed by atoms with Gasteiger partial charge < -0.3 is 0 Å². The highest BCUT2D eigenvalue weighted by molar-refractivity contribution is 5.98. The Kier molecular flexibility index (Phi) is 6.91. The summed E-state index contributed by atoms with van der Waals surface area (Å²) in [4.78, 5) is 16.5. The Hall–Kier alpha value is -1.71. The molecule has 0 aliphatic heterocycles. The second-order valence-corrected chi connectivity index (χ2v) is 4.76. The number of carbonyl (C=O) groups excluding carboxylic acids is 1. The van der Waals surface area contributed by atoms with Gasteiger partial charge in [0.2, 0.25) is 0 Å². The summed E-state index contributed by atoms with van der Waals surface area (Å²) in [5.74, 6) is 0.136. The minimum Gasteiger partial charge on any atom is -0.293 e. The van der Waals surface area contributed by atoms with E-state index in [4.69, 9.17) is 0 Å². The largest absolute Gasteiger partial charge is 0.293 e. The summed E-state index contributed by atoms with van der Waals surface area (Å²) in [6, 6.07) is -0.149. The summed E-state index contributed by atoms with van der Waals surface area (Å²) in [5, 5.41) is 0. The Morgan fingerprint density at radius 3 is 1.80 bits per heavy atom. The molecule has 20 heavy (non-hydrogen) atoms. The van der Waals surface area contributed by atoms with Crippen molar-refractivity contribution >= 4 is 5.78 Å². The number of ketones is 1. The Bertz CT molecular complexity index is 391. The summed E-state index contributed by atoms with van der Waals surface area (Å²) < 4.78 is 0. The molecule has 0 amide bonds. The molecule has 0 saturated heterocycles. The molecule has 0 fully saturated rings. The number of nitrogens with zero attached hydrogens (tertiary/aromatic N) is 2. The SMILES string of the molecule is C=CCN(CC=C)[C@@H]1C=CC(=O)[C@H]1N(CC=C)CC=C. The summed E-state index contributed by atoms with van der Waals surface area (Å²) in [6.45, 7) is 17.9. The molecule has 0 aromatic heterocycles. The molecule has 0 spiro atoms. The summed E-state index contributed by atoms with van der Waals surface area (Å²) in [5.41, 5.74) is 0.